The fourth-order valence-corrected chi connectivity index (χ4v) is 4.89. The quantitative estimate of drug-likeness (QED) is 0.557. The van der Waals surface area contributed by atoms with Crippen molar-refractivity contribution in [3.63, 3.8) is 0 Å². The summed E-state index contributed by atoms with van der Waals surface area (Å²) in [6, 6.07) is 9.09. The Morgan fingerprint density at radius 3 is 2.49 bits per heavy atom. The Bertz CT molecular complexity index is 1190. The molecule has 4 heterocycles. The molecule has 10 heteroatoms. The van der Waals surface area contributed by atoms with Crippen molar-refractivity contribution in [3.8, 4) is 0 Å². The molecule has 184 valence electrons. The van der Waals surface area contributed by atoms with Crippen LogP contribution in [0.3, 0.4) is 0 Å². The standard InChI is InChI=1S/C25H29F2N7O/c26-25(27)8-12-33(13-9-25)21(17-14-30-24(28)31-15-17)16-29-23(35)19-4-3-5-20-18(19)6-7-22(32-20)34-10-1-2-11-34/h3-7,14-15,21H,1-2,8-13,16H2,(H,29,35)(H2,28,30,31). The van der Waals surface area contributed by atoms with E-state index in [0.29, 0.717) is 5.56 Å². The van der Waals surface area contributed by atoms with Crippen LogP contribution in [0.1, 0.15) is 47.6 Å². The molecule has 8 nitrogen and oxygen atoms in total. The number of nitrogens with two attached hydrogens (primary N) is 1. The first-order chi connectivity index (χ1) is 16.9. The summed E-state index contributed by atoms with van der Waals surface area (Å²) in [5.74, 6) is -1.84. The summed E-state index contributed by atoms with van der Waals surface area (Å²) in [6.07, 6.45) is 5.07. The number of rotatable bonds is 6. The number of nitrogen functional groups attached to an aromatic ring is 1. The van der Waals surface area contributed by atoms with Gasteiger partial charge in [0.25, 0.3) is 11.8 Å². The summed E-state index contributed by atoms with van der Waals surface area (Å²) in [5.41, 5.74) is 7.65. The highest BCUT2D eigenvalue weighted by atomic mass is 19.3. The first kappa shape index (κ1) is 23.3. The predicted octanol–water partition coefficient (Wildman–Crippen LogP) is 3.41. The van der Waals surface area contributed by atoms with Crippen molar-refractivity contribution in [2.75, 3.05) is 43.4 Å². The van der Waals surface area contributed by atoms with Gasteiger partial charge in [0.1, 0.15) is 5.82 Å². The van der Waals surface area contributed by atoms with E-state index in [1.54, 1.807) is 18.5 Å². The molecule has 1 unspecified atom stereocenters. The van der Waals surface area contributed by atoms with Gasteiger partial charge >= 0.3 is 0 Å². The molecule has 3 N–H and O–H groups in total. The Hall–Kier alpha value is -3.40. The van der Waals surface area contributed by atoms with Crippen molar-refractivity contribution in [2.45, 2.75) is 37.6 Å². The number of hydrogen-bond donors (Lipinski definition) is 2. The summed E-state index contributed by atoms with van der Waals surface area (Å²) in [4.78, 5) is 30.3. The molecule has 2 aromatic heterocycles. The molecule has 35 heavy (non-hydrogen) atoms. The highest BCUT2D eigenvalue weighted by Crippen LogP contribution is 2.32. The normalized spacial score (nSPS) is 19.1. The molecule has 0 aliphatic carbocycles. The molecule has 2 aliphatic heterocycles. The summed E-state index contributed by atoms with van der Waals surface area (Å²) in [6.45, 7) is 2.66. The van der Waals surface area contributed by atoms with Crippen molar-refractivity contribution in [1.29, 1.82) is 0 Å². The number of nitrogens with one attached hydrogen (secondary N) is 1. The molecule has 0 spiro atoms. The van der Waals surface area contributed by atoms with Gasteiger partial charge in [-0.3, -0.25) is 9.69 Å². The van der Waals surface area contributed by atoms with Crippen LogP contribution in [0.15, 0.2) is 42.7 Å². The highest BCUT2D eigenvalue weighted by Gasteiger charge is 2.37. The molecular weight excluding hydrogens is 452 g/mol. The maximum Gasteiger partial charge on any atom is 0.252 e. The summed E-state index contributed by atoms with van der Waals surface area (Å²) >= 11 is 0. The lowest BCUT2D eigenvalue weighted by Gasteiger charge is -2.37. The molecule has 0 saturated carbocycles. The average Bonchev–Trinajstić information content (AvgIpc) is 3.40. The second-order valence-corrected chi connectivity index (χ2v) is 9.23. The van der Waals surface area contributed by atoms with Crippen LogP contribution in [-0.4, -0.2) is 64.4 Å². The lowest BCUT2D eigenvalue weighted by Crippen LogP contribution is -2.45. The second-order valence-electron chi connectivity index (χ2n) is 9.23. The molecule has 3 aromatic rings. The van der Waals surface area contributed by atoms with Gasteiger partial charge in [0.05, 0.1) is 11.6 Å². The lowest BCUT2D eigenvalue weighted by atomic mass is 10.0. The number of nitrogens with zero attached hydrogens (tertiary/aromatic N) is 5. The zero-order valence-electron chi connectivity index (χ0n) is 19.5. The number of carbonyl (C=O) groups excluding carboxylic acids is 1. The number of likely N-dealkylation sites (tertiary alicyclic amines) is 1. The molecule has 1 aromatic carbocycles. The number of amides is 1. The van der Waals surface area contributed by atoms with Crippen LogP contribution in [-0.2, 0) is 0 Å². The van der Waals surface area contributed by atoms with Gasteiger partial charge in [-0.25, -0.2) is 23.7 Å². The van der Waals surface area contributed by atoms with Gasteiger partial charge in [-0.15, -0.1) is 0 Å². The van der Waals surface area contributed by atoms with E-state index in [1.807, 2.05) is 29.2 Å². The molecule has 0 bridgehead atoms. The highest BCUT2D eigenvalue weighted by molar-refractivity contribution is 6.06. The van der Waals surface area contributed by atoms with Crippen molar-refractivity contribution >= 4 is 28.6 Å². The number of carbonyl (C=O) groups is 1. The smallest absolute Gasteiger partial charge is 0.252 e. The Balaban J connectivity index is 1.35. The van der Waals surface area contributed by atoms with E-state index in [9.17, 15) is 13.6 Å². The number of alkyl halides is 2. The van der Waals surface area contributed by atoms with Crippen LogP contribution in [0.4, 0.5) is 20.5 Å². The Morgan fingerprint density at radius 1 is 1.06 bits per heavy atom. The van der Waals surface area contributed by atoms with Gasteiger partial charge in [-0.2, -0.15) is 0 Å². The SMILES string of the molecule is Nc1ncc(C(CNC(=O)c2cccc3nc(N4CCCC4)ccc23)N2CCC(F)(F)CC2)cn1. The van der Waals surface area contributed by atoms with Crippen molar-refractivity contribution in [3.05, 3.63) is 53.9 Å². The third-order valence-electron chi connectivity index (χ3n) is 6.89. The molecule has 5 rings (SSSR count). The van der Waals surface area contributed by atoms with Crippen LogP contribution in [0.2, 0.25) is 0 Å². The molecule has 1 amide bonds. The third kappa shape index (κ3) is 5.17. The summed E-state index contributed by atoms with van der Waals surface area (Å²) in [5, 5.41) is 3.77. The summed E-state index contributed by atoms with van der Waals surface area (Å²) in [7, 11) is 0. The van der Waals surface area contributed by atoms with E-state index in [4.69, 9.17) is 10.7 Å². The molecule has 2 fully saturated rings. The Kier molecular flexibility index (Phi) is 6.46. The van der Waals surface area contributed by atoms with E-state index in [2.05, 4.69) is 20.2 Å². The molecule has 1 atom stereocenters. The average molecular weight is 482 g/mol. The summed E-state index contributed by atoms with van der Waals surface area (Å²) < 4.78 is 27.5. The van der Waals surface area contributed by atoms with Gasteiger partial charge in [-0.05, 0) is 37.1 Å². The number of pyridine rings is 1. The monoisotopic (exact) mass is 481 g/mol. The largest absolute Gasteiger partial charge is 0.368 e. The molecule has 0 radical (unpaired) electrons. The van der Waals surface area contributed by atoms with E-state index in [-0.39, 0.29) is 50.4 Å². The van der Waals surface area contributed by atoms with Crippen LogP contribution in [0.5, 0.6) is 0 Å². The molecule has 2 aliphatic rings. The lowest BCUT2D eigenvalue weighted by molar-refractivity contribution is -0.0632. The fraction of sp³-hybridized carbons (Fsp3) is 0.440. The predicted molar refractivity (Wildman–Crippen MR) is 130 cm³/mol. The number of halogens is 2. The maximum absolute atomic E-state index is 13.8. The molecular formula is C25H29F2N7O. The number of anilines is 2. The zero-order valence-corrected chi connectivity index (χ0v) is 19.5. The van der Waals surface area contributed by atoms with E-state index < -0.39 is 5.92 Å². The topological polar surface area (TPSA) is 100 Å². The number of fused-ring (bicyclic) bond motifs is 1. The first-order valence-corrected chi connectivity index (χ1v) is 12.0. The fourth-order valence-electron chi connectivity index (χ4n) is 4.89. The Morgan fingerprint density at radius 2 is 1.77 bits per heavy atom. The van der Waals surface area contributed by atoms with Crippen molar-refractivity contribution < 1.29 is 13.6 Å². The second kappa shape index (κ2) is 9.69. The van der Waals surface area contributed by atoms with Crippen LogP contribution in [0.25, 0.3) is 10.9 Å². The third-order valence-corrected chi connectivity index (χ3v) is 6.89. The van der Waals surface area contributed by atoms with Gasteiger partial charge in [0, 0.05) is 74.5 Å². The van der Waals surface area contributed by atoms with Crippen molar-refractivity contribution in [1.82, 2.24) is 25.2 Å². The first-order valence-electron chi connectivity index (χ1n) is 12.0. The number of piperidine rings is 1. The van der Waals surface area contributed by atoms with Crippen LogP contribution < -0.4 is 16.0 Å². The Labute approximate surface area is 202 Å². The number of aromatic nitrogens is 3. The minimum absolute atomic E-state index is 0.137. The zero-order chi connectivity index (χ0) is 24.4. The van der Waals surface area contributed by atoms with Crippen LogP contribution in [0, 0.1) is 0 Å². The number of hydrogen-bond acceptors (Lipinski definition) is 7. The van der Waals surface area contributed by atoms with Crippen LogP contribution >= 0.6 is 0 Å². The van der Waals surface area contributed by atoms with E-state index >= 15 is 0 Å². The number of benzene rings is 1. The minimum atomic E-state index is -2.66. The minimum Gasteiger partial charge on any atom is -0.368 e. The van der Waals surface area contributed by atoms with Gasteiger partial charge in [0.15, 0.2) is 0 Å². The van der Waals surface area contributed by atoms with Gasteiger partial charge < -0.3 is 16.0 Å². The maximum atomic E-state index is 13.8. The van der Waals surface area contributed by atoms with E-state index in [0.717, 1.165) is 48.2 Å². The van der Waals surface area contributed by atoms with Gasteiger partial charge in [0.2, 0.25) is 5.95 Å². The van der Waals surface area contributed by atoms with E-state index in [1.165, 1.54) is 0 Å². The van der Waals surface area contributed by atoms with Crippen molar-refractivity contribution in [2.24, 2.45) is 0 Å². The van der Waals surface area contributed by atoms with Gasteiger partial charge in [-0.1, -0.05) is 6.07 Å². The molecule has 2 saturated heterocycles.